The molecular formula is C7H9NNa2O5. The van der Waals surface area contributed by atoms with E-state index in [4.69, 9.17) is 0 Å². The Kier molecular flexibility index (Phi) is 15.1. The van der Waals surface area contributed by atoms with Crippen molar-refractivity contribution >= 4 is 17.8 Å². The molecule has 0 aromatic carbocycles. The van der Waals surface area contributed by atoms with Crippen LogP contribution in [0.4, 0.5) is 0 Å². The molecule has 0 atom stereocenters. The van der Waals surface area contributed by atoms with Crippen molar-refractivity contribution in [2.24, 2.45) is 0 Å². The van der Waals surface area contributed by atoms with E-state index in [9.17, 15) is 24.6 Å². The Bertz CT molecular complexity index is 217. The average molecular weight is 233 g/mol. The largest absolute Gasteiger partial charge is 1.00 e. The second kappa shape index (κ2) is 10.9. The van der Waals surface area contributed by atoms with E-state index in [1.165, 1.54) is 6.92 Å². The molecule has 0 aromatic heterocycles. The van der Waals surface area contributed by atoms with Crippen LogP contribution in [0, 0.1) is 0 Å². The Morgan fingerprint density at radius 2 is 1.33 bits per heavy atom. The van der Waals surface area contributed by atoms with Crippen LogP contribution in [0.25, 0.3) is 0 Å². The summed E-state index contributed by atoms with van der Waals surface area (Å²) in [6.45, 7) is 0.0567. The number of amides is 1. The van der Waals surface area contributed by atoms with Gasteiger partial charge in [0.15, 0.2) is 0 Å². The van der Waals surface area contributed by atoms with E-state index in [1.54, 1.807) is 0 Å². The number of carboxylic acids is 2. The Hall–Kier alpha value is 0.410. The zero-order chi connectivity index (χ0) is 10.4. The zero-order valence-corrected chi connectivity index (χ0v) is 13.1. The first-order chi connectivity index (χ1) is 5.97. The Balaban J connectivity index is -0.000000720. The molecule has 0 rings (SSSR count). The van der Waals surface area contributed by atoms with Gasteiger partial charge < -0.3 is 24.7 Å². The minimum Gasteiger partial charge on any atom is -0.548 e. The van der Waals surface area contributed by atoms with Crippen LogP contribution in [-0.2, 0) is 14.4 Å². The molecule has 6 nitrogen and oxygen atoms in total. The maximum absolute atomic E-state index is 10.9. The fourth-order valence-corrected chi connectivity index (χ4v) is 0.768. The number of hydrogen-bond acceptors (Lipinski definition) is 5. The molecule has 74 valence electrons. The summed E-state index contributed by atoms with van der Waals surface area (Å²) in [6, 6.07) is 0. The summed E-state index contributed by atoms with van der Waals surface area (Å²) in [5.74, 6) is -3.56. The van der Waals surface area contributed by atoms with Crippen LogP contribution in [-0.4, -0.2) is 35.8 Å². The predicted molar refractivity (Wildman–Crippen MR) is 36.9 cm³/mol. The molecule has 1 amide bonds. The van der Waals surface area contributed by atoms with E-state index < -0.39 is 30.9 Å². The van der Waals surface area contributed by atoms with Gasteiger partial charge in [-0.15, -0.1) is 0 Å². The molecule has 8 heteroatoms. The molecule has 0 radical (unpaired) electrons. The first-order valence-corrected chi connectivity index (χ1v) is 3.64. The second-order valence-electron chi connectivity index (χ2n) is 2.35. The van der Waals surface area contributed by atoms with Crippen LogP contribution >= 0.6 is 0 Å². The normalized spacial score (nSPS) is 8.07. The monoisotopic (exact) mass is 233 g/mol. The summed E-state index contributed by atoms with van der Waals surface area (Å²) in [7, 11) is 0. The molecule has 0 unspecified atom stereocenters. The fraction of sp³-hybridized carbons (Fsp3) is 0.571. The van der Waals surface area contributed by atoms with Crippen LogP contribution in [0.15, 0.2) is 0 Å². The smallest absolute Gasteiger partial charge is 0.548 e. The summed E-state index contributed by atoms with van der Waals surface area (Å²) in [5.41, 5.74) is 0. The third-order valence-corrected chi connectivity index (χ3v) is 1.30. The number of nitrogens with zero attached hydrogens (tertiary/aromatic N) is 1. The van der Waals surface area contributed by atoms with Gasteiger partial charge in [-0.1, -0.05) is 6.92 Å². The summed E-state index contributed by atoms with van der Waals surface area (Å²) in [6.07, 6.45) is 0.0422. The van der Waals surface area contributed by atoms with E-state index in [0.717, 1.165) is 0 Å². The molecule has 0 spiro atoms. The van der Waals surface area contributed by atoms with Crippen LogP contribution in [0.2, 0.25) is 0 Å². The quantitative estimate of drug-likeness (QED) is 0.439. The Labute approximate surface area is 132 Å². The van der Waals surface area contributed by atoms with Crippen LogP contribution in [0.1, 0.15) is 13.3 Å². The van der Waals surface area contributed by atoms with Crippen molar-refractivity contribution in [2.75, 3.05) is 13.1 Å². The van der Waals surface area contributed by atoms with Gasteiger partial charge in [0.25, 0.3) is 0 Å². The molecule has 0 saturated carbocycles. The molecule has 0 fully saturated rings. The molecule has 0 bridgehead atoms. The third kappa shape index (κ3) is 10.7. The zero-order valence-electron chi connectivity index (χ0n) is 9.11. The number of carboxylic acid groups (broad SMARTS) is 2. The van der Waals surface area contributed by atoms with Crippen molar-refractivity contribution in [2.45, 2.75) is 13.3 Å². The summed E-state index contributed by atoms with van der Waals surface area (Å²) >= 11 is 0. The second-order valence-corrected chi connectivity index (χ2v) is 2.35. The summed E-state index contributed by atoms with van der Waals surface area (Å²) in [4.78, 5) is 31.8. The van der Waals surface area contributed by atoms with E-state index in [2.05, 4.69) is 0 Å². The van der Waals surface area contributed by atoms with Gasteiger partial charge >= 0.3 is 59.1 Å². The number of rotatable bonds is 5. The Morgan fingerprint density at radius 3 is 1.53 bits per heavy atom. The minimum absolute atomic E-state index is 0. The molecule has 0 aliphatic rings. The molecule has 0 aliphatic heterocycles. The van der Waals surface area contributed by atoms with Gasteiger partial charge in [0.1, 0.15) is 0 Å². The fourth-order valence-electron chi connectivity index (χ4n) is 0.768. The van der Waals surface area contributed by atoms with Gasteiger partial charge in [0, 0.05) is 6.42 Å². The van der Waals surface area contributed by atoms with Gasteiger partial charge in [-0.25, -0.2) is 0 Å². The van der Waals surface area contributed by atoms with Crippen molar-refractivity contribution < 1.29 is 83.7 Å². The molecular weight excluding hydrogens is 224 g/mol. The number of carbonyl (C=O) groups is 3. The van der Waals surface area contributed by atoms with Crippen molar-refractivity contribution in [3.05, 3.63) is 0 Å². The van der Waals surface area contributed by atoms with E-state index in [1.807, 2.05) is 0 Å². The van der Waals surface area contributed by atoms with Crippen LogP contribution in [0.5, 0.6) is 0 Å². The summed E-state index contributed by atoms with van der Waals surface area (Å²) in [5, 5.41) is 20.2. The molecule has 0 saturated heterocycles. The van der Waals surface area contributed by atoms with Gasteiger partial charge in [-0.05, 0) is 0 Å². The van der Waals surface area contributed by atoms with E-state index in [0.29, 0.717) is 4.90 Å². The van der Waals surface area contributed by atoms with Crippen molar-refractivity contribution in [3.63, 3.8) is 0 Å². The van der Waals surface area contributed by atoms with Crippen LogP contribution < -0.4 is 69.3 Å². The average Bonchev–Trinajstić information content (AvgIpc) is 2.00. The predicted octanol–water partition coefficient (Wildman–Crippen LogP) is -9.27. The van der Waals surface area contributed by atoms with Gasteiger partial charge in [-0.2, -0.15) is 0 Å². The van der Waals surface area contributed by atoms with Gasteiger partial charge in [-0.3, -0.25) is 4.79 Å². The molecule has 0 aromatic rings. The minimum atomic E-state index is -1.50. The molecule has 0 aliphatic carbocycles. The SMILES string of the molecule is CCC(=O)N(CC(=O)[O-])CC(=O)[O-].[Na+].[Na+]. The Morgan fingerprint density at radius 1 is 1.00 bits per heavy atom. The number of hydrogen-bond donors (Lipinski definition) is 0. The third-order valence-electron chi connectivity index (χ3n) is 1.30. The maximum atomic E-state index is 10.9. The standard InChI is InChI=1S/C7H11NO5.2Na/c1-2-5(9)8(3-6(10)11)4-7(12)13;;/h2-4H2,1H3,(H,10,11)(H,12,13);;/q;2*+1/p-2. The first kappa shape index (κ1) is 20.8. The van der Waals surface area contributed by atoms with Crippen LogP contribution in [0.3, 0.4) is 0 Å². The van der Waals surface area contributed by atoms with E-state index >= 15 is 0 Å². The summed E-state index contributed by atoms with van der Waals surface area (Å²) < 4.78 is 0. The molecule has 0 N–H and O–H groups in total. The van der Waals surface area contributed by atoms with Gasteiger partial charge in [0.05, 0.1) is 25.0 Å². The first-order valence-electron chi connectivity index (χ1n) is 3.64. The van der Waals surface area contributed by atoms with Crippen molar-refractivity contribution in [1.82, 2.24) is 4.90 Å². The number of aliphatic carboxylic acids is 2. The van der Waals surface area contributed by atoms with E-state index in [-0.39, 0.29) is 65.5 Å². The number of carbonyl (C=O) groups excluding carboxylic acids is 3. The molecule has 0 heterocycles. The topological polar surface area (TPSA) is 101 Å². The van der Waals surface area contributed by atoms with Gasteiger partial charge in [0.2, 0.25) is 5.91 Å². The van der Waals surface area contributed by atoms with Crippen molar-refractivity contribution in [3.8, 4) is 0 Å². The maximum Gasteiger partial charge on any atom is 1.00 e. The van der Waals surface area contributed by atoms with Crippen molar-refractivity contribution in [1.29, 1.82) is 0 Å². The molecule has 15 heavy (non-hydrogen) atoms.